The normalized spacial score (nSPS) is 39.9. The molecule has 2 aliphatic rings. The fourth-order valence-electron chi connectivity index (χ4n) is 1.90. The first-order chi connectivity index (χ1) is 6.29. The van der Waals surface area contributed by atoms with Gasteiger partial charge in [0.1, 0.15) is 11.9 Å². The zero-order valence-corrected chi connectivity index (χ0v) is 7.81. The van der Waals surface area contributed by atoms with Crippen LogP contribution in [0.2, 0.25) is 0 Å². The van der Waals surface area contributed by atoms with Gasteiger partial charge in [0.15, 0.2) is 0 Å². The molecule has 2 heterocycles. The standard InChI is InChI=1S/C9H17FN2O/c10-9(3-4-11-6-9)7-12-8-2-1-5-13-8/h8,11-12H,1-7H2. The molecule has 0 aromatic rings. The van der Waals surface area contributed by atoms with Gasteiger partial charge in [-0.1, -0.05) is 0 Å². The maximum absolute atomic E-state index is 13.8. The van der Waals surface area contributed by atoms with Crippen molar-refractivity contribution in [2.75, 3.05) is 26.2 Å². The summed E-state index contributed by atoms with van der Waals surface area (Å²) < 4.78 is 19.1. The number of alkyl halides is 1. The SMILES string of the molecule is FC1(CNC2CCCO2)CCNC1. The summed E-state index contributed by atoms with van der Waals surface area (Å²) in [4.78, 5) is 0. The van der Waals surface area contributed by atoms with Gasteiger partial charge >= 0.3 is 0 Å². The van der Waals surface area contributed by atoms with Crippen LogP contribution in [0.5, 0.6) is 0 Å². The van der Waals surface area contributed by atoms with Crippen LogP contribution in [0.4, 0.5) is 4.39 Å². The Morgan fingerprint density at radius 3 is 3.15 bits per heavy atom. The second kappa shape index (κ2) is 3.90. The minimum Gasteiger partial charge on any atom is -0.363 e. The lowest BCUT2D eigenvalue weighted by Crippen LogP contribution is -2.42. The monoisotopic (exact) mass is 188 g/mol. The van der Waals surface area contributed by atoms with Crippen LogP contribution in [0.1, 0.15) is 19.3 Å². The molecule has 2 fully saturated rings. The van der Waals surface area contributed by atoms with Crippen LogP contribution < -0.4 is 10.6 Å². The summed E-state index contributed by atoms with van der Waals surface area (Å²) in [5.41, 5.74) is -1.05. The topological polar surface area (TPSA) is 33.3 Å². The molecule has 0 bridgehead atoms. The Balaban J connectivity index is 1.71. The Morgan fingerprint density at radius 1 is 1.62 bits per heavy atom. The van der Waals surface area contributed by atoms with Crippen LogP contribution in [0.15, 0.2) is 0 Å². The molecule has 3 nitrogen and oxygen atoms in total. The first kappa shape index (κ1) is 9.37. The van der Waals surface area contributed by atoms with E-state index in [1.807, 2.05) is 0 Å². The molecular formula is C9H17FN2O. The Kier molecular flexibility index (Phi) is 2.81. The molecule has 0 radical (unpaired) electrons. The Labute approximate surface area is 78.0 Å². The van der Waals surface area contributed by atoms with Crippen LogP contribution in [-0.4, -0.2) is 38.1 Å². The van der Waals surface area contributed by atoms with Gasteiger partial charge in [-0.3, -0.25) is 5.32 Å². The van der Waals surface area contributed by atoms with E-state index < -0.39 is 5.67 Å². The van der Waals surface area contributed by atoms with E-state index in [0.717, 1.165) is 26.0 Å². The smallest absolute Gasteiger partial charge is 0.137 e. The summed E-state index contributed by atoms with van der Waals surface area (Å²) in [6.45, 7) is 2.51. The zero-order chi connectivity index (χ0) is 9.15. The van der Waals surface area contributed by atoms with Crippen molar-refractivity contribution in [2.24, 2.45) is 0 Å². The van der Waals surface area contributed by atoms with E-state index in [4.69, 9.17) is 4.74 Å². The van der Waals surface area contributed by atoms with Gasteiger partial charge in [-0.25, -0.2) is 4.39 Å². The summed E-state index contributed by atoms with van der Waals surface area (Å²) in [6.07, 6.45) is 2.82. The summed E-state index contributed by atoms with van der Waals surface area (Å²) in [6, 6.07) is 0. The van der Waals surface area contributed by atoms with E-state index in [9.17, 15) is 4.39 Å². The highest BCUT2D eigenvalue weighted by atomic mass is 19.1. The van der Waals surface area contributed by atoms with Crippen molar-refractivity contribution in [3.8, 4) is 0 Å². The molecule has 0 amide bonds. The number of ether oxygens (including phenoxy) is 1. The molecular weight excluding hydrogens is 171 g/mol. The van der Waals surface area contributed by atoms with Crippen LogP contribution >= 0.6 is 0 Å². The van der Waals surface area contributed by atoms with E-state index in [0.29, 0.717) is 19.5 Å². The maximum atomic E-state index is 13.8. The molecule has 2 rings (SSSR count). The third-order valence-corrected chi connectivity index (χ3v) is 2.77. The van der Waals surface area contributed by atoms with Gasteiger partial charge in [0.2, 0.25) is 0 Å². The molecule has 2 aliphatic heterocycles. The number of halogens is 1. The molecule has 4 heteroatoms. The van der Waals surface area contributed by atoms with Crippen molar-refractivity contribution in [1.29, 1.82) is 0 Å². The van der Waals surface area contributed by atoms with E-state index >= 15 is 0 Å². The quantitative estimate of drug-likeness (QED) is 0.673. The second-order valence-corrected chi connectivity index (χ2v) is 3.96. The summed E-state index contributed by atoms with van der Waals surface area (Å²) in [5, 5.41) is 6.16. The largest absolute Gasteiger partial charge is 0.363 e. The van der Waals surface area contributed by atoms with Crippen LogP contribution in [0, 0.1) is 0 Å². The minimum atomic E-state index is -1.05. The first-order valence-corrected chi connectivity index (χ1v) is 5.03. The van der Waals surface area contributed by atoms with Gasteiger partial charge in [-0.05, 0) is 25.8 Å². The highest BCUT2D eigenvalue weighted by Gasteiger charge is 2.34. The van der Waals surface area contributed by atoms with E-state index in [-0.39, 0.29) is 6.23 Å². The second-order valence-electron chi connectivity index (χ2n) is 3.96. The highest BCUT2D eigenvalue weighted by molar-refractivity contribution is 4.90. The van der Waals surface area contributed by atoms with E-state index in [2.05, 4.69) is 10.6 Å². The number of nitrogens with one attached hydrogen (secondary N) is 2. The van der Waals surface area contributed by atoms with Crippen molar-refractivity contribution < 1.29 is 9.13 Å². The lowest BCUT2D eigenvalue weighted by atomic mass is 10.1. The van der Waals surface area contributed by atoms with Crippen molar-refractivity contribution in [3.05, 3.63) is 0 Å². The highest BCUT2D eigenvalue weighted by Crippen LogP contribution is 2.19. The van der Waals surface area contributed by atoms with Crippen LogP contribution in [0.25, 0.3) is 0 Å². The maximum Gasteiger partial charge on any atom is 0.137 e. The van der Waals surface area contributed by atoms with Crippen molar-refractivity contribution in [2.45, 2.75) is 31.2 Å². The van der Waals surface area contributed by atoms with Gasteiger partial charge in [-0.15, -0.1) is 0 Å². The number of hydrogen-bond acceptors (Lipinski definition) is 3. The van der Waals surface area contributed by atoms with Crippen molar-refractivity contribution in [1.82, 2.24) is 10.6 Å². The molecule has 2 unspecified atom stereocenters. The fourth-order valence-corrected chi connectivity index (χ4v) is 1.90. The number of hydrogen-bond donors (Lipinski definition) is 2. The van der Waals surface area contributed by atoms with Gasteiger partial charge < -0.3 is 10.1 Å². The molecule has 2 atom stereocenters. The zero-order valence-electron chi connectivity index (χ0n) is 7.81. The molecule has 2 saturated heterocycles. The Morgan fingerprint density at radius 2 is 2.54 bits per heavy atom. The molecule has 0 aromatic carbocycles. The lowest BCUT2D eigenvalue weighted by molar-refractivity contribution is 0.0647. The molecule has 76 valence electrons. The predicted molar refractivity (Wildman–Crippen MR) is 48.3 cm³/mol. The Bertz CT molecular complexity index is 165. The molecule has 2 N–H and O–H groups in total. The average molecular weight is 188 g/mol. The van der Waals surface area contributed by atoms with Gasteiger partial charge in [-0.2, -0.15) is 0 Å². The molecule has 0 aromatic heterocycles. The Hall–Kier alpha value is -0.190. The van der Waals surface area contributed by atoms with Crippen LogP contribution in [0.3, 0.4) is 0 Å². The average Bonchev–Trinajstić information content (AvgIpc) is 2.72. The molecule has 0 spiro atoms. The van der Waals surface area contributed by atoms with Crippen molar-refractivity contribution in [3.63, 3.8) is 0 Å². The molecule has 0 aliphatic carbocycles. The molecule has 0 saturated carbocycles. The van der Waals surface area contributed by atoms with Gasteiger partial charge in [0, 0.05) is 19.7 Å². The minimum absolute atomic E-state index is 0.0909. The van der Waals surface area contributed by atoms with Gasteiger partial charge in [0.25, 0.3) is 0 Å². The summed E-state index contributed by atoms with van der Waals surface area (Å²) in [7, 11) is 0. The van der Waals surface area contributed by atoms with E-state index in [1.165, 1.54) is 0 Å². The lowest BCUT2D eigenvalue weighted by Gasteiger charge is -2.21. The molecule has 13 heavy (non-hydrogen) atoms. The summed E-state index contributed by atoms with van der Waals surface area (Å²) in [5.74, 6) is 0. The van der Waals surface area contributed by atoms with Crippen LogP contribution in [-0.2, 0) is 4.74 Å². The van der Waals surface area contributed by atoms with E-state index in [1.54, 1.807) is 0 Å². The number of rotatable bonds is 3. The third kappa shape index (κ3) is 2.39. The van der Waals surface area contributed by atoms with Crippen molar-refractivity contribution >= 4 is 0 Å². The predicted octanol–water partition coefficient (Wildman–Crippen LogP) is 0.414. The first-order valence-electron chi connectivity index (χ1n) is 5.03. The fraction of sp³-hybridized carbons (Fsp3) is 1.00. The van der Waals surface area contributed by atoms with Gasteiger partial charge in [0.05, 0.1) is 0 Å². The summed E-state index contributed by atoms with van der Waals surface area (Å²) >= 11 is 0. The third-order valence-electron chi connectivity index (χ3n) is 2.77.